The van der Waals surface area contributed by atoms with E-state index in [0.29, 0.717) is 6.42 Å². The van der Waals surface area contributed by atoms with E-state index in [1.165, 1.54) is 4.90 Å². The van der Waals surface area contributed by atoms with E-state index < -0.39 is 22.7 Å². The van der Waals surface area contributed by atoms with E-state index >= 15 is 0 Å². The largest absolute Gasteiger partial charge is 1.00 e. The van der Waals surface area contributed by atoms with Crippen molar-refractivity contribution < 1.29 is 50.1 Å². The Morgan fingerprint density at radius 1 is 1.61 bits per heavy atom. The number of fused-ring (bicyclic) bond motifs is 1. The van der Waals surface area contributed by atoms with E-state index in [-0.39, 0.29) is 47.6 Å². The van der Waals surface area contributed by atoms with Gasteiger partial charge in [0, 0.05) is 4.75 Å². The number of β-lactam (4-membered cyclic amide) rings is 1. The number of hydrogen-bond acceptors (Lipinski definition) is 5. The van der Waals surface area contributed by atoms with E-state index in [1.807, 2.05) is 13.8 Å². The molecule has 0 saturated carbocycles. The molecule has 2 saturated heterocycles. The molecule has 2 aliphatic heterocycles. The van der Waals surface area contributed by atoms with Gasteiger partial charge in [0.1, 0.15) is 11.4 Å². The summed E-state index contributed by atoms with van der Waals surface area (Å²) in [7, 11) is 0. The molecule has 2 aliphatic rings. The number of nitrogens with zero attached hydrogens (tertiary/aromatic N) is 1. The van der Waals surface area contributed by atoms with Gasteiger partial charge in [0.15, 0.2) is 0 Å². The quantitative estimate of drug-likeness (QED) is 0.191. The van der Waals surface area contributed by atoms with Crippen LogP contribution < -0.4 is 29.6 Å². The van der Waals surface area contributed by atoms with Crippen LogP contribution >= 0.6 is 27.7 Å². The van der Waals surface area contributed by atoms with Crippen LogP contribution in [0, 0.1) is 0 Å². The summed E-state index contributed by atoms with van der Waals surface area (Å²) in [5.74, 6) is -1.32. The topological polar surface area (TPSA) is 63.7 Å². The SMILES string of the molecule is CC1(C)S[C@@H]2CC(=O)N2[C@H]1C(=O)OC(=O)CBr.[H-].[Na+]. The third-order valence-corrected chi connectivity index (χ3v) is 4.83. The van der Waals surface area contributed by atoms with Crippen LogP contribution in [-0.4, -0.2) is 44.2 Å². The molecule has 0 aromatic rings. The van der Waals surface area contributed by atoms with E-state index in [1.54, 1.807) is 11.8 Å². The van der Waals surface area contributed by atoms with Crippen LogP contribution in [0.4, 0.5) is 0 Å². The fraction of sp³-hybridized carbons (Fsp3) is 0.700. The molecule has 2 atom stereocenters. The first kappa shape index (κ1) is 16.5. The van der Waals surface area contributed by atoms with Crippen molar-refractivity contribution in [3.05, 3.63) is 0 Å². The van der Waals surface area contributed by atoms with E-state index in [2.05, 4.69) is 20.7 Å². The molecule has 2 fully saturated rings. The number of carbonyl (C=O) groups excluding carboxylic acids is 3. The maximum Gasteiger partial charge on any atom is 1.00 e. The number of ether oxygens (including phenoxy) is 1. The van der Waals surface area contributed by atoms with Crippen molar-refractivity contribution in [3.63, 3.8) is 0 Å². The molecule has 18 heavy (non-hydrogen) atoms. The van der Waals surface area contributed by atoms with Crippen LogP contribution in [-0.2, 0) is 19.1 Å². The van der Waals surface area contributed by atoms with Crippen molar-refractivity contribution in [1.29, 1.82) is 0 Å². The van der Waals surface area contributed by atoms with Gasteiger partial charge in [-0.1, -0.05) is 15.9 Å². The molecule has 0 aliphatic carbocycles. The third kappa shape index (κ3) is 2.80. The average Bonchev–Trinajstić information content (AvgIpc) is 2.45. The minimum atomic E-state index is -0.665. The molecule has 2 heterocycles. The van der Waals surface area contributed by atoms with Crippen LogP contribution in [0.15, 0.2) is 0 Å². The number of halogens is 1. The summed E-state index contributed by atoms with van der Waals surface area (Å²) in [4.78, 5) is 36.0. The maximum atomic E-state index is 11.9. The molecule has 0 N–H and O–H groups in total. The van der Waals surface area contributed by atoms with Gasteiger partial charge >= 0.3 is 41.5 Å². The number of esters is 2. The normalized spacial score (nSPS) is 27.9. The molecule has 5 nitrogen and oxygen atoms in total. The zero-order valence-corrected chi connectivity index (χ0v) is 14.8. The maximum absolute atomic E-state index is 11.9. The summed E-state index contributed by atoms with van der Waals surface area (Å²) in [6, 6.07) is -0.665. The Balaban J connectivity index is 0.00000162. The van der Waals surface area contributed by atoms with Gasteiger partial charge in [-0.05, 0) is 13.8 Å². The third-order valence-electron chi connectivity index (χ3n) is 2.87. The summed E-state index contributed by atoms with van der Waals surface area (Å²) in [6.45, 7) is 3.77. The monoisotopic (exact) mass is 345 g/mol. The van der Waals surface area contributed by atoms with Gasteiger partial charge in [0.25, 0.3) is 0 Å². The summed E-state index contributed by atoms with van der Waals surface area (Å²) in [6.07, 6.45) is 0.463. The summed E-state index contributed by atoms with van der Waals surface area (Å²) < 4.78 is 4.27. The van der Waals surface area contributed by atoms with Gasteiger partial charge in [-0.25, -0.2) is 4.79 Å². The fourth-order valence-corrected chi connectivity index (χ4v) is 3.89. The summed E-state index contributed by atoms with van der Waals surface area (Å²) in [5.41, 5.74) is 0. The Hall–Kier alpha value is 0.440. The van der Waals surface area contributed by atoms with Crippen molar-refractivity contribution in [2.45, 2.75) is 36.4 Å². The number of amides is 1. The Kier molecular flexibility index (Phi) is 5.34. The van der Waals surface area contributed by atoms with Gasteiger partial charge in [-0.2, -0.15) is 0 Å². The first-order valence-electron chi connectivity index (χ1n) is 5.16. The Bertz CT molecular complexity index is 409. The Morgan fingerprint density at radius 3 is 2.72 bits per heavy atom. The van der Waals surface area contributed by atoms with Crippen molar-refractivity contribution in [3.8, 4) is 0 Å². The van der Waals surface area contributed by atoms with Crippen LogP contribution in [0.25, 0.3) is 0 Å². The zero-order valence-electron chi connectivity index (χ0n) is 11.4. The molecule has 0 bridgehead atoms. The molecular formula is C10H13BrNNaO4S. The van der Waals surface area contributed by atoms with Gasteiger partial charge in [-0.15, -0.1) is 11.8 Å². The van der Waals surface area contributed by atoms with Gasteiger partial charge in [0.2, 0.25) is 5.91 Å². The molecule has 0 radical (unpaired) electrons. The Labute approximate surface area is 141 Å². The molecule has 0 spiro atoms. The minimum absolute atomic E-state index is 0. The first-order valence-corrected chi connectivity index (χ1v) is 7.16. The smallest absolute Gasteiger partial charge is 1.00 e. The second kappa shape index (κ2) is 5.83. The molecule has 96 valence electrons. The van der Waals surface area contributed by atoms with Gasteiger partial charge in [0.05, 0.1) is 11.8 Å². The second-order valence-corrected chi connectivity index (χ2v) is 6.90. The Morgan fingerprint density at radius 2 is 2.22 bits per heavy atom. The van der Waals surface area contributed by atoms with Crippen molar-refractivity contribution in [2.75, 3.05) is 5.33 Å². The number of hydrogen-bond donors (Lipinski definition) is 0. The van der Waals surface area contributed by atoms with E-state index in [9.17, 15) is 14.4 Å². The van der Waals surface area contributed by atoms with Crippen LogP contribution in [0.3, 0.4) is 0 Å². The zero-order chi connectivity index (χ0) is 12.8. The van der Waals surface area contributed by atoms with Gasteiger partial charge < -0.3 is 11.1 Å². The van der Waals surface area contributed by atoms with E-state index in [4.69, 9.17) is 0 Å². The molecule has 0 aromatic heterocycles. The van der Waals surface area contributed by atoms with Gasteiger partial charge in [-0.3, -0.25) is 9.59 Å². The van der Waals surface area contributed by atoms with Crippen LogP contribution in [0.1, 0.15) is 21.7 Å². The molecule has 1 amide bonds. The predicted octanol–water partition coefficient (Wildman–Crippen LogP) is -1.98. The first-order chi connectivity index (χ1) is 7.86. The average molecular weight is 346 g/mol. The minimum Gasteiger partial charge on any atom is -1.00 e. The molecular weight excluding hydrogens is 333 g/mol. The number of alkyl halides is 1. The second-order valence-electron chi connectivity index (χ2n) is 4.51. The van der Waals surface area contributed by atoms with Crippen molar-refractivity contribution >= 4 is 45.5 Å². The molecule has 0 aromatic carbocycles. The molecule has 2 rings (SSSR count). The van der Waals surface area contributed by atoms with Crippen LogP contribution in [0.5, 0.6) is 0 Å². The fourth-order valence-electron chi connectivity index (χ4n) is 2.15. The number of thioether (sulfide) groups is 1. The van der Waals surface area contributed by atoms with Crippen molar-refractivity contribution in [2.24, 2.45) is 0 Å². The standard InChI is InChI=1S/C10H12BrNO4S.Na.H/c1-10(2)8(9(15)16-7(14)4-11)12-5(13)3-6(12)17-10;;/h6,8H,3-4H2,1-2H3;;/q;+1;-1/t6-,8+;;/m1../s1. The van der Waals surface area contributed by atoms with Crippen molar-refractivity contribution in [1.82, 2.24) is 4.90 Å². The van der Waals surface area contributed by atoms with E-state index in [0.717, 1.165) is 0 Å². The number of rotatable bonds is 2. The predicted molar refractivity (Wildman–Crippen MR) is 66.7 cm³/mol. The summed E-state index contributed by atoms with van der Waals surface area (Å²) >= 11 is 4.49. The molecule has 8 heteroatoms. The summed E-state index contributed by atoms with van der Waals surface area (Å²) in [5, 5.41) is 0.0188. The van der Waals surface area contributed by atoms with Crippen LogP contribution in [0.2, 0.25) is 0 Å². The molecule has 0 unspecified atom stereocenters. The number of carbonyl (C=O) groups is 3.